The first-order valence-electron chi connectivity index (χ1n) is 15.6. The number of anilines is 1. The molecule has 1 aliphatic rings. The van der Waals surface area contributed by atoms with Gasteiger partial charge in [-0.05, 0) is 35.6 Å². The van der Waals surface area contributed by atoms with Crippen LogP contribution in [0.25, 0.3) is 22.2 Å². The zero-order valence-corrected chi connectivity index (χ0v) is 27.1. The lowest BCUT2D eigenvalue weighted by molar-refractivity contribution is 0.00751. The fraction of sp³-hybridized carbons (Fsp3) is 0.324. The van der Waals surface area contributed by atoms with E-state index in [1.54, 1.807) is 4.90 Å². The molecule has 6 rings (SSSR count). The zero-order valence-electron chi connectivity index (χ0n) is 27.1. The van der Waals surface area contributed by atoms with Crippen molar-refractivity contribution in [3.8, 4) is 23.0 Å². The number of para-hydroxylation sites is 1. The number of piperazine rings is 1. The third kappa shape index (κ3) is 5.97. The SMILES string of the molecule is Cn1nc(-c2ccc(OCc3ccccc3)nc2OCc2ccccc2)c2cccc(N3CCN(C(=O)O)[C@](C)(C(C)(C)C)C3)c21. The fourth-order valence-electron chi connectivity index (χ4n) is 6.18. The minimum absolute atomic E-state index is 0.281. The van der Waals surface area contributed by atoms with Crippen LogP contribution in [0.4, 0.5) is 10.5 Å². The van der Waals surface area contributed by atoms with Crippen molar-refractivity contribution in [1.82, 2.24) is 19.7 Å². The smallest absolute Gasteiger partial charge is 0.407 e. The highest BCUT2D eigenvalue weighted by atomic mass is 16.5. The van der Waals surface area contributed by atoms with Gasteiger partial charge >= 0.3 is 6.09 Å². The Kier molecular flexibility index (Phi) is 8.34. The van der Waals surface area contributed by atoms with Crippen LogP contribution in [0, 0.1) is 5.41 Å². The summed E-state index contributed by atoms with van der Waals surface area (Å²) in [5.74, 6) is 0.907. The predicted molar refractivity (Wildman–Crippen MR) is 180 cm³/mol. The van der Waals surface area contributed by atoms with Gasteiger partial charge in [-0.1, -0.05) is 93.6 Å². The van der Waals surface area contributed by atoms with Crippen molar-refractivity contribution in [3.63, 3.8) is 0 Å². The molecule has 9 nitrogen and oxygen atoms in total. The van der Waals surface area contributed by atoms with E-state index in [0.29, 0.717) is 44.6 Å². The van der Waals surface area contributed by atoms with Crippen molar-refractivity contribution in [2.75, 3.05) is 24.5 Å². The van der Waals surface area contributed by atoms with Crippen molar-refractivity contribution in [1.29, 1.82) is 0 Å². The maximum Gasteiger partial charge on any atom is 0.407 e. The zero-order chi connectivity index (χ0) is 32.5. The average molecular weight is 620 g/mol. The minimum atomic E-state index is -0.884. The summed E-state index contributed by atoms with van der Waals surface area (Å²) >= 11 is 0. The normalized spacial score (nSPS) is 16.9. The standard InChI is InChI=1S/C37H41N5O4/c1-36(2,3)37(4)25-41(21-22-42(37)35(43)44)30-18-12-17-28-32(39-40(5)33(28)30)29-19-20-31(45-23-26-13-8-6-9-14-26)38-34(29)46-24-27-15-10-7-11-16-27/h6-20H,21-25H2,1-5H3,(H,43,44)/t37-/m0/s1. The number of hydrogen-bond acceptors (Lipinski definition) is 6. The molecular weight excluding hydrogens is 578 g/mol. The van der Waals surface area contributed by atoms with Gasteiger partial charge in [-0.25, -0.2) is 4.79 Å². The summed E-state index contributed by atoms with van der Waals surface area (Å²) in [4.78, 5) is 21.0. The molecule has 1 amide bonds. The van der Waals surface area contributed by atoms with Crippen LogP contribution in [0.15, 0.2) is 91.0 Å². The van der Waals surface area contributed by atoms with Crippen LogP contribution >= 0.6 is 0 Å². The molecule has 5 aromatic rings. The molecule has 0 bridgehead atoms. The topological polar surface area (TPSA) is 93.0 Å². The number of aromatic nitrogens is 3. The van der Waals surface area contributed by atoms with Gasteiger partial charge in [0.2, 0.25) is 11.8 Å². The summed E-state index contributed by atoms with van der Waals surface area (Å²) in [6.45, 7) is 10.6. The Morgan fingerprint density at radius 1 is 0.870 bits per heavy atom. The summed E-state index contributed by atoms with van der Waals surface area (Å²) in [6, 6.07) is 30.0. The lowest BCUT2D eigenvalue weighted by Crippen LogP contribution is -2.67. The lowest BCUT2D eigenvalue weighted by atomic mass is 9.72. The van der Waals surface area contributed by atoms with E-state index in [1.807, 2.05) is 97.5 Å². The third-order valence-electron chi connectivity index (χ3n) is 9.26. The quantitative estimate of drug-likeness (QED) is 0.194. The fourth-order valence-corrected chi connectivity index (χ4v) is 6.18. The molecule has 0 unspecified atom stereocenters. The van der Waals surface area contributed by atoms with Gasteiger partial charge in [-0.2, -0.15) is 10.1 Å². The molecule has 0 radical (unpaired) electrons. The first-order valence-corrected chi connectivity index (χ1v) is 15.6. The predicted octanol–water partition coefficient (Wildman–Crippen LogP) is 7.40. The van der Waals surface area contributed by atoms with Crippen molar-refractivity contribution in [2.24, 2.45) is 12.5 Å². The number of carboxylic acid groups (broad SMARTS) is 1. The van der Waals surface area contributed by atoms with Crippen LogP contribution in [0.2, 0.25) is 0 Å². The van der Waals surface area contributed by atoms with E-state index < -0.39 is 11.6 Å². The number of ether oxygens (including phenoxy) is 2. The van der Waals surface area contributed by atoms with Gasteiger partial charge in [0.25, 0.3) is 0 Å². The van der Waals surface area contributed by atoms with E-state index in [-0.39, 0.29) is 5.41 Å². The average Bonchev–Trinajstić information content (AvgIpc) is 3.39. The lowest BCUT2D eigenvalue weighted by Gasteiger charge is -2.54. The van der Waals surface area contributed by atoms with E-state index >= 15 is 0 Å². The molecular formula is C37H41N5O4. The summed E-state index contributed by atoms with van der Waals surface area (Å²) in [5.41, 5.74) is 4.71. The van der Waals surface area contributed by atoms with Crippen LogP contribution in [-0.4, -0.2) is 56.0 Å². The van der Waals surface area contributed by atoms with Crippen molar-refractivity contribution < 1.29 is 19.4 Å². The molecule has 1 saturated heterocycles. The van der Waals surface area contributed by atoms with E-state index in [4.69, 9.17) is 19.6 Å². The summed E-state index contributed by atoms with van der Waals surface area (Å²) in [6.07, 6.45) is -0.884. The van der Waals surface area contributed by atoms with Crippen LogP contribution in [0.3, 0.4) is 0 Å². The number of rotatable bonds is 8. The Bertz CT molecular complexity index is 1830. The molecule has 1 aliphatic heterocycles. The number of benzene rings is 3. The van der Waals surface area contributed by atoms with Crippen LogP contribution in [-0.2, 0) is 20.3 Å². The highest BCUT2D eigenvalue weighted by molar-refractivity contribution is 6.01. The number of carbonyl (C=O) groups is 1. The molecule has 1 atom stereocenters. The number of fused-ring (bicyclic) bond motifs is 1. The first-order chi connectivity index (χ1) is 22.0. The van der Waals surface area contributed by atoms with Gasteiger partial charge < -0.3 is 19.5 Å². The molecule has 2 aromatic heterocycles. The third-order valence-corrected chi connectivity index (χ3v) is 9.26. The molecule has 46 heavy (non-hydrogen) atoms. The Hall–Kier alpha value is -5.05. The van der Waals surface area contributed by atoms with Crippen molar-refractivity contribution in [3.05, 3.63) is 102 Å². The molecule has 3 heterocycles. The Morgan fingerprint density at radius 2 is 1.52 bits per heavy atom. The second kappa shape index (κ2) is 12.4. The van der Waals surface area contributed by atoms with Gasteiger partial charge in [0.1, 0.15) is 18.9 Å². The van der Waals surface area contributed by atoms with E-state index in [9.17, 15) is 9.90 Å². The van der Waals surface area contributed by atoms with Gasteiger partial charge in [0.15, 0.2) is 0 Å². The summed E-state index contributed by atoms with van der Waals surface area (Å²) in [5, 5.41) is 16.0. The van der Waals surface area contributed by atoms with Crippen molar-refractivity contribution >= 4 is 22.7 Å². The number of aryl methyl sites for hydroxylation is 1. The van der Waals surface area contributed by atoms with Gasteiger partial charge in [0, 0.05) is 38.1 Å². The molecule has 0 aliphatic carbocycles. The monoisotopic (exact) mass is 619 g/mol. The number of pyridine rings is 1. The molecule has 1 fully saturated rings. The molecule has 3 aromatic carbocycles. The summed E-state index contributed by atoms with van der Waals surface area (Å²) < 4.78 is 14.3. The largest absolute Gasteiger partial charge is 0.473 e. The molecule has 238 valence electrons. The molecule has 9 heteroatoms. The number of hydrogen-bond donors (Lipinski definition) is 1. The first kappa shape index (κ1) is 31.0. The highest BCUT2D eigenvalue weighted by Crippen LogP contribution is 2.42. The second-order valence-corrected chi connectivity index (χ2v) is 13.1. The van der Waals surface area contributed by atoms with Gasteiger partial charge in [-0.15, -0.1) is 0 Å². The molecule has 1 N–H and O–H groups in total. The van der Waals surface area contributed by atoms with Crippen LogP contribution < -0.4 is 14.4 Å². The van der Waals surface area contributed by atoms with E-state index in [2.05, 4.69) is 37.8 Å². The van der Waals surface area contributed by atoms with Gasteiger partial charge in [0.05, 0.1) is 22.3 Å². The van der Waals surface area contributed by atoms with Gasteiger partial charge in [-0.3, -0.25) is 9.58 Å². The summed E-state index contributed by atoms with van der Waals surface area (Å²) in [7, 11) is 1.95. The van der Waals surface area contributed by atoms with Crippen LogP contribution in [0.1, 0.15) is 38.8 Å². The van der Waals surface area contributed by atoms with E-state index in [0.717, 1.165) is 39.0 Å². The molecule has 0 saturated carbocycles. The number of amides is 1. The minimum Gasteiger partial charge on any atom is -0.473 e. The van der Waals surface area contributed by atoms with E-state index in [1.165, 1.54) is 0 Å². The Balaban J connectivity index is 1.38. The van der Waals surface area contributed by atoms with Crippen LogP contribution in [0.5, 0.6) is 11.8 Å². The maximum atomic E-state index is 12.3. The Labute approximate surface area is 270 Å². The number of nitrogens with zero attached hydrogens (tertiary/aromatic N) is 5. The Morgan fingerprint density at radius 3 is 2.15 bits per heavy atom. The van der Waals surface area contributed by atoms with Crippen molar-refractivity contribution in [2.45, 2.75) is 46.4 Å². The second-order valence-electron chi connectivity index (χ2n) is 13.1. The maximum absolute atomic E-state index is 12.3. The molecule has 0 spiro atoms. The highest BCUT2D eigenvalue weighted by Gasteiger charge is 2.49.